The summed E-state index contributed by atoms with van der Waals surface area (Å²) in [6, 6.07) is 18.8. The third-order valence-electron chi connectivity index (χ3n) is 6.80. The Hall–Kier alpha value is -5.12. The van der Waals surface area contributed by atoms with E-state index in [1.165, 1.54) is 48.8 Å². The summed E-state index contributed by atoms with van der Waals surface area (Å²) in [5, 5.41) is 2.72. The number of aromatic nitrogens is 2. The van der Waals surface area contributed by atoms with E-state index in [-0.39, 0.29) is 40.6 Å². The number of rotatable bonds is 8. The molecule has 3 heterocycles. The molecule has 2 aromatic carbocycles. The van der Waals surface area contributed by atoms with Gasteiger partial charge in [-0.1, -0.05) is 0 Å². The molecular formula is C31H27FN4O5. The fraction of sp³-hybridized carbons (Fsp3) is 0.194. The second kappa shape index (κ2) is 12.4. The number of Topliss-reactive ketones (excluding diaryl/α,β-unsaturated/α-hetero) is 1. The first kappa shape index (κ1) is 27.4. The predicted octanol–water partition coefficient (Wildman–Crippen LogP) is 5.40. The fourth-order valence-electron chi connectivity index (χ4n) is 4.49. The second-order valence-electron chi connectivity index (χ2n) is 9.49. The lowest BCUT2D eigenvalue weighted by atomic mass is 9.88. The molecule has 4 aromatic rings. The maximum atomic E-state index is 13.0. The van der Waals surface area contributed by atoms with Gasteiger partial charge in [-0.2, -0.15) is 0 Å². The second-order valence-corrected chi connectivity index (χ2v) is 9.49. The summed E-state index contributed by atoms with van der Waals surface area (Å²) in [5.41, 5.74) is 1.58. The average Bonchev–Trinajstić information content (AvgIpc) is 3.02. The molecule has 1 fully saturated rings. The predicted molar refractivity (Wildman–Crippen MR) is 149 cm³/mol. The standard InChI is InChI=1S/C31H27FN4O5/c1-40-25-8-2-20(3-9-25)29(37)21-14-16-36(17-15-21)31(39)27-12-4-22(18-33-27)30(38)35-24-7-13-28(34-19-24)41-26-10-5-23(32)6-11-26/h2-13,18-19,21H,14-17H2,1H3,(H,35,38). The van der Waals surface area contributed by atoms with E-state index in [0.29, 0.717) is 48.7 Å². The van der Waals surface area contributed by atoms with Crippen LogP contribution >= 0.6 is 0 Å². The van der Waals surface area contributed by atoms with Crippen molar-refractivity contribution in [2.45, 2.75) is 12.8 Å². The minimum atomic E-state index is -0.414. The van der Waals surface area contributed by atoms with Gasteiger partial charge in [0.15, 0.2) is 5.78 Å². The molecule has 0 saturated carbocycles. The van der Waals surface area contributed by atoms with Crippen LogP contribution in [-0.2, 0) is 0 Å². The Morgan fingerprint density at radius 2 is 1.51 bits per heavy atom. The van der Waals surface area contributed by atoms with Crippen LogP contribution in [0.5, 0.6) is 17.4 Å². The highest BCUT2D eigenvalue weighted by Crippen LogP contribution is 2.24. The number of carbonyl (C=O) groups excluding carboxylic acids is 3. The maximum Gasteiger partial charge on any atom is 0.272 e. The van der Waals surface area contributed by atoms with Crippen molar-refractivity contribution < 1.29 is 28.2 Å². The summed E-state index contributed by atoms with van der Waals surface area (Å²) >= 11 is 0. The summed E-state index contributed by atoms with van der Waals surface area (Å²) in [7, 11) is 1.58. The van der Waals surface area contributed by atoms with Gasteiger partial charge in [-0.05, 0) is 79.6 Å². The number of ketones is 1. The minimum Gasteiger partial charge on any atom is -0.497 e. The van der Waals surface area contributed by atoms with Crippen LogP contribution in [0.3, 0.4) is 0 Å². The molecular weight excluding hydrogens is 527 g/mol. The third kappa shape index (κ3) is 6.73. The Balaban J connectivity index is 1.12. The molecule has 0 bridgehead atoms. The van der Waals surface area contributed by atoms with Gasteiger partial charge in [0.25, 0.3) is 11.8 Å². The first-order chi connectivity index (χ1) is 19.9. The van der Waals surface area contributed by atoms with Crippen molar-refractivity contribution in [3.63, 3.8) is 0 Å². The molecule has 1 saturated heterocycles. The number of likely N-dealkylation sites (tertiary alicyclic amines) is 1. The summed E-state index contributed by atoms with van der Waals surface area (Å²) < 4.78 is 23.7. The van der Waals surface area contributed by atoms with Crippen molar-refractivity contribution in [3.8, 4) is 17.4 Å². The molecule has 0 spiro atoms. The van der Waals surface area contributed by atoms with Crippen molar-refractivity contribution in [2.75, 3.05) is 25.5 Å². The summed E-state index contributed by atoms with van der Waals surface area (Å²) in [6.07, 6.45) is 3.92. The van der Waals surface area contributed by atoms with E-state index in [1.807, 2.05) is 0 Å². The van der Waals surface area contributed by atoms with Crippen LogP contribution in [0.2, 0.25) is 0 Å². The van der Waals surface area contributed by atoms with Crippen LogP contribution < -0.4 is 14.8 Å². The lowest BCUT2D eigenvalue weighted by molar-refractivity contribution is 0.0645. The molecule has 0 aliphatic carbocycles. The van der Waals surface area contributed by atoms with Gasteiger partial charge >= 0.3 is 0 Å². The van der Waals surface area contributed by atoms with Crippen molar-refractivity contribution in [3.05, 3.63) is 108 Å². The zero-order chi connectivity index (χ0) is 28.8. The summed E-state index contributed by atoms with van der Waals surface area (Å²) in [5.74, 6) is 0.309. The van der Waals surface area contributed by atoms with Gasteiger partial charge in [0.1, 0.15) is 23.0 Å². The van der Waals surface area contributed by atoms with Gasteiger partial charge in [-0.15, -0.1) is 0 Å². The van der Waals surface area contributed by atoms with Crippen molar-refractivity contribution >= 4 is 23.3 Å². The highest BCUT2D eigenvalue weighted by Gasteiger charge is 2.29. The van der Waals surface area contributed by atoms with Crippen molar-refractivity contribution in [1.82, 2.24) is 14.9 Å². The van der Waals surface area contributed by atoms with Gasteiger partial charge < -0.3 is 19.7 Å². The number of anilines is 1. The van der Waals surface area contributed by atoms with Crippen LogP contribution in [0.1, 0.15) is 44.0 Å². The van der Waals surface area contributed by atoms with E-state index in [2.05, 4.69) is 15.3 Å². The van der Waals surface area contributed by atoms with Crippen molar-refractivity contribution in [2.24, 2.45) is 5.92 Å². The summed E-state index contributed by atoms with van der Waals surface area (Å²) in [6.45, 7) is 0.895. The largest absolute Gasteiger partial charge is 0.497 e. The average molecular weight is 555 g/mol. The van der Waals surface area contributed by atoms with Gasteiger partial charge in [0.05, 0.1) is 24.6 Å². The SMILES string of the molecule is COc1ccc(C(=O)C2CCN(C(=O)c3ccc(C(=O)Nc4ccc(Oc5ccc(F)cc5)nc4)cn3)CC2)cc1. The quantitative estimate of drug-likeness (QED) is 0.290. The van der Waals surface area contributed by atoms with Crippen molar-refractivity contribution in [1.29, 1.82) is 0 Å². The van der Waals surface area contributed by atoms with Crippen LogP contribution in [0.15, 0.2) is 85.2 Å². The van der Waals surface area contributed by atoms with Crippen LogP contribution in [-0.4, -0.2) is 52.7 Å². The lowest BCUT2D eigenvalue weighted by Gasteiger charge is -2.31. The normalized spacial score (nSPS) is 13.4. The smallest absolute Gasteiger partial charge is 0.272 e. The van der Waals surface area contributed by atoms with Gasteiger partial charge in [0, 0.05) is 36.8 Å². The molecule has 0 radical (unpaired) electrons. The van der Waals surface area contributed by atoms with Gasteiger partial charge in [0.2, 0.25) is 5.88 Å². The highest BCUT2D eigenvalue weighted by atomic mass is 19.1. The summed E-state index contributed by atoms with van der Waals surface area (Å²) in [4.78, 5) is 48.6. The van der Waals surface area contributed by atoms with Crippen LogP contribution in [0.4, 0.5) is 10.1 Å². The number of hydrogen-bond donors (Lipinski definition) is 1. The number of piperidine rings is 1. The number of amides is 2. The minimum absolute atomic E-state index is 0.0680. The molecule has 1 aliphatic rings. The Morgan fingerprint density at radius 3 is 2.12 bits per heavy atom. The third-order valence-corrected chi connectivity index (χ3v) is 6.80. The Bertz CT molecular complexity index is 1520. The first-order valence-corrected chi connectivity index (χ1v) is 13.0. The number of hydrogen-bond acceptors (Lipinski definition) is 7. The van der Waals surface area contributed by atoms with E-state index in [1.54, 1.807) is 48.4 Å². The molecule has 1 aliphatic heterocycles. The number of nitrogens with zero attached hydrogens (tertiary/aromatic N) is 3. The molecule has 1 N–H and O–H groups in total. The fourth-order valence-corrected chi connectivity index (χ4v) is 4.49. The molecule has 2 amide bonds. The molecule has 5 rings (SSSR count). The van der Waals surface area contributed by atoms with E-state index < -0.39 is 5.91 Å². The lowest BCUT2D eigenvalue weighted by Crippen LogP contribution is -2.40. The number of ether oxygens (including phenoxy) is 2. The van der Waals surface area contributed by atoms with E-state index >= 15 is 0 Å². The Labute approximate surface area is 236 Å². The monoisotopic (exact) mass is 554 g/mol. The zero-order valence-corrected chi connectivity index (χ0v) is 22.2. The van der Waals surface area contributed by atoms with Crippen LogP contribution in [0.25, 0.3) is 0 Å². The van der Waals surface area contributed by atoms with E-state index in [0.717, 1.165) is 0 Å². The Kier molecular flexibility index (Phi) is 8.28. The molecule has 9 nitrogen and oxygen atoms in total. The molecule has 0 unspecified atom stereocenters. The zero-order valence-electron chi connectivity index (χ0n) is 22.2. The Morgan fingerprint density at radius 1 is 0.829 bits per heavy atom. The van der Waals surface area contributed by atoms with Crippen LogP contribution in [0, 0.1) is 11.7 Å². The molecule has 0 atom stereocenters. The van der Waals surface area contributed by atoms with Gasteiger partial charge in [-0.25, -0.2) is 9.37 Å². The van der Waals surface area contributed by atoms with E-state index in [4.69, 9.17) is 9.47 Å². The highest BCUT2D eigenvalue weighted by molar-refractivity contribution is 6.04. The molecule has 2 aromatic heterocycles. The van der Waals surface area contributed by atoms with E-state index in [9.17, 15) is 18.8 Å². The molecule has 10 heteroatoms. The van der Waals surface area contributed by atoms with Gasteiger partial charge in [-0.3, -0.25) is 19.4 Å². The number of pyridine rings is 2. The number of halogens is 1. The topological polar surface area (TPSA) is 111 Å². The molecule has 208 valence electrons. The number of carbonyl (C=O) groups is 3. The first-order valence-electron chi connectivity index (χ1n) is 13.0. The number of benzene rings is 2. The molecule has 41 heavy (non-hydrogen) atoms. The number of nitrogens with one attached hydrogen (secondary N) is 1. The number of methoxy groups -OCH3 is 1. The maximum absolute atomic E-state index is 13.0.